The van der Waals surface area contributed by atoms with Gasteiger partial charge in [0.15, 0.2) is 11.0 Å². The molecule has 1 heterocycles. The molecule has 1 unspecified atom stereocenters. The maximum absolute atomic E-state index is 12.2. The van der Waals surface area contributed by atoms with Crippen LogP contribution in [0.5, 0.6) is 0 Å². The van der Waals surface area contributed by atoms with Crippen LogP contribution < -0.4 is 5.32 Å². The van der Waals surface area contributed by atoms with Crippen LogP contribution in [0, 0.1) is 0 Å². The Labute approximate surface area is 152 Å². The van der Waals surface area contributed by atoms with E-state index in [2.05, 4.69) is 10.2 Å². The topological polar surface area (TPSA) is 59.8 Å². The van der Waals surface area contributed by atoms with Gasteiger partial charge in [-0.15, -0.1) is 10.2 Å². The number of carbonyl (C=O) groups excluding carboxylic acids is 1. The highest BCUT2D eigenvalue weighted by molar-refractivity contribution is 8.00. The third kappa shape index (κ3) is 5.37. The molecule has 1 aromatic carbocycles. The van der Waals surface area contributed by atoms with Crippen molar-refractivity contribution < 1.29 is 18.0 Å². The molecule has 2 aromatic rings. The number of aromatic nitrogens is 3. The monoisotopic (exact) mass is 392 g/mol. The zero-order valence-corrected chi connectivity index (χ0v) is 15.0. The molecular formula is C15H16ClF3N4OS. The van der Waals surface area contributed by atoms with Crippen LogP contribution in [0.25, 0.3) is 11.4 Å². The Bertz CT molecular complexity index is 751. The number of thioether (sulfide) groups is 1. The third-order valence-electron chi connectivity index (χ3n) is 3.23. The van der Waals surface area contributed by atoms with Crippen LogP contribution >= 0.6 is 23.4 Å². The molecule has 0 aliphatic heterocycles. The van der Waals surface area contributed by atoms with E-state index in [1.165, 1.54) is 6.92 Å². The maximum Gasteiger partial charge on any atom is 0.405 e. The van der Waals surface area contributed by atoms with E-state index in [0.29, 0.717) is 22.5 Å². The van der Waals surface area contributed by atoms with Gasteiger partial charge in [0.05, 0.1) is 5.25 Å². The molecule has 0 fully saturated rings. The van der Waals surface area contributed by atoms with E-state index in [1.807, 2.05) is 18.3 Å². The number of hydrogen-bond acceptors (Lipinski definition) is 4. The molecule has 1 N–H and O–H groups in total. The van der Waals surface area contributed by atoms with Crippen molar-refractivity contribution >= 4 is 29.3 Å². The van der Waals surface area contributed by atoms with E-state index < -0.39 is 23.9 Å². The first kappa shape index (κ1) is 19.6. The Balaban J connectivity index is 2.14. The van der Waals surface area contributed by atoms with E-state index in [9.17, 15) is 18.0 Å². The lowest BCUT2D eigenvalue weighted by molar-refractivity contribution is -0.137. The van der Waals surface area contributed by atoms with E-state index in [1.54, 1.807) is 22.8 Å². The minimum absolute atomic E-state index is 0.451. The summed E-state index contributed by atoms with van der Waals surface area (Å²) in [6.45, 7) is 2.58. The molecular weight excluding hydrogens is 377 g/mol. The molecule has 25 heavy (non-hydrogen) atoms. The lowest BCUT2D eigenvalue weighted by Gasteiger charge is -2.13. The molecule has 10 heteroatoms. The Morgan fingerprint density at radius 2 is 2.12 bits per heavy atom. The van der Waals surface area contributed by atoms with Gasteiger partial charge >= 0.3 is 6.18 Å². The van der Waals surface area contributed by atoms with Gasteiger partial charge in [0, 0.05) is 17.1 Å². The number of nitrogens with zero attached hydrogens (tertiary/aromatic N) is 3. The Morgan fingerprint density at radius 1 is 1.40 bits per heavy atom. The molecule has 5 nitrogen and oxygen atoms in total. The van der Waals surface area contributed by atoms with Crippen molar-refractivity contribution in [2.24, 2.45) is 0 Å². The summed E-state index contributed by atoms with van der Waals surface area (Å²) >= 11 is 7.04. The van der Waals surface area contributed by atoms with Gasteiger partial charge in [-0.25, -0.2) is 0 Å². The van der Waals surface area contributed by atoms with Crippen molar-refractivity contribution in [3.63, 3.8) is 0 Å². The molecule has 0 radical (unpaired) electrons. The average Bonchev–Trinajstić information content (AvgIpc) is 2.94. The predicted molar refractivity (Wildman–Crippen MR) is 90.5 cm³/mol. The highest BCUT2D eigenvalue weighted by atomic mass is 35.5. The number of halogens is 4. The fraction of sp³-hybridized carbons (Fsp3) is 0.400. The van der Waals surface area contributed by atoms with E-state index in [4.69, 9.17) is 11.6 Å². The molecule has 0 aliphatic rings. The minimum Gasteiger partial charge on any atom is -0.346 e. The molecule has 0 saturated heterocycles. The normalized spacial score (nSPS) is 12.9. The van der Waals surface area contributed by atoms with Crippen LogP contribution in [-0.2, 0) is 11.3 Å². The molecule has 0 saturated carbocycles. The van der Waals surface area contributed by atoms with E-state index in [-0.39, 0.29) is 0 Å². The number of alkyl halides is 3. The number of benzene rings is 1. The van der Waals surface area contributed by atoms with Crippen LogP contribution in [0.3, 0.4) is 0 Å². The summed E-state index contributed by atoms with van der Waals surface area (Å²) in [5.74, 6) is -0.132. The van der Waals surface area contributed by atoms with Crippen molar-refractivity contribution in [1.29, 1.82) is 0 Å². The first-order valence-corrected chi connectivity index (χ1v) is 8.67. The van der Waals surface area contributed by atoms with Crippen molar-refractivity contribution in [2.45, 2.75) is 37.0 Å². The van der Waals surface area contributed by atoms with Gasteiger partial charge in [0.2, 0.25) is 5.91 Å². The third-order valence-corrected chi connectivity index (χ3v) is 4.55. The summed E-state index contributed by atoms with van der Waals surface area (Å²) in [4.78, 5) is 11.8. The van der Waals surface area contributed by atoms with Crippen LogP contribution in [-0.4, -0.2) is 38.6 Å². The fourth-order valence-electron chi connectivity index (χ4n) is 2.04. The second kappa shape index (κ2) is 8.09. The van der Waals surface area contributed by atoms with Crippen LogP contribution in [0.2, 0.25) is 5.02 Å². The van der Waals surface area contributed by atoms with E-state index in [0.717, 1.165) is 17.3 Å². The summed E-state index contributed by atoms with van der Waals surface area (Å²) in [6.07, 6.45) is -4.44. The van der Waals surface area contributed by atoms with Crippen LogP contribution in [0.15, 0.2) is 29.4 Å². The Morgan fingerprint density at radius 3 is 2.72 bits per heavy atom. The number of rotatable bonds is 6. The lowest BCUT2D eigenvalue weighted by atomic mass is 10.2. The van der Waals surface area contributed by atoms with Crippen molar-refractivity contribution in [1.82, 2.24) is 20.1 Å². The molecule has 1 aromatic heterocycles. The van der Waals surface area contributed by atoms with Crippen molar-refractivity contribution in [2.75, 3.05) is 6.54 Å². The molecule has 0 spiro atoms. The SMILES string of the molecule is CCn1c(SC(C)C(=O)NCC(F)(F)F)nnc1-c1cccc(Cl)c1. The molecule has 1 atom stereocenters. The predicted octanol–water partition coefficient (Wildman–Crippen LogP) is 3.78. The van der Waals surface area contributed by atoms with Gasteiger partial charge in [-0.05, 0) is 26.0 Å². The lowest BCUT2D eigenvalue weighted by Crippen LogP contribution is -2.38. The fourth-order valence-corrected chi connectivity index (χ4v) is 3.17. The average molecular weight is 393 g/mol. The Hall–Kier alpha value is -1.74. The second-order valence-corrected chi connectivity index (χ2v) is 6.90. The highest BCUT2D eigenvalue weighted by Gasteiger charge is 2.29. The second-order valence-electron chi connectivity index (χ2n) is 5.15. The summed E-state index contributed by atoms with van der Waals surface area (Å²) in [5, 5.41) is 10.3. The summed E-state index contributed by atoms with van der Waals surface area (Å²) in [6, 6.07) is 7.09. The zero-order chi connectivity index (χ0) is 18.6. The number of amides is 1. The summed E-state index contributed by atoms with van der Waals surface area (Å²) in [5.41, 5.74) is 0.767. The molecule has 0 aliphatic carbocycles. The Kier molecular flexibility index (Phi) is 6.34. The summed E-state index contributed by atoms with van der Waals surface area (Å²) in [7, 11) is 0. The number of carbonyl (C=O) groups is 1. The standard InChI is InChI=1S/C15H16ClF3N4OS/c1-3-23-12(10-5-4-6-11(16)7-10)21-22-14(23)25-9(2)13(24)20-8-15(17,18)19/h4-7,9H,3,8H2,1-2H3,(H,20,24). The molecule has 0 bridgehead atoms. The minimum atomic E-state index is -4.44. The number of nitrogens with one attached hydrogen (secondary N) is 1. The first-order valence-electron chi connectivity index (χ1n) is 7.41. The van der Waals surface area contributed by atoms with Crippen molar-refractivity contribution in [3.8, 4) is 11.4 Å². The maximum atomic E-state index is 12.2. The van der Waals surface area contributed by atoms with Crippen molar-refractivity contribution in [3.05, 3.63) is 29.3 Å². The highest BCUT2D eigenvalue weighted by Crippen LogP contribution is 2.28. The van der Waals surface area contributed by atoms with Gasteiger partial charge in [0.25, 0.3) is 0 Å². The largest absolute Gasteiger partial charge is 0.405 e. The quantitative estimate of drug-likeness (QED) is 0.760. The molecule has 1 amide bonds. The van der Waals surface area contributed by atoms with Gasteiger partial charge in [-0.3, -0.25) is 4.79 Å². The van der Waals surface area contributed by atoms with Gasteiger partial charge in [0.1, 0.15) is 6.54 Å². The van der Waals surface area contributed by atoms with Crippen LogP contribution in [0.4, 0.5) is 13.2 Å². The zero-order valence-electron chi connectivity index (χ0n) is 13.5. The van der Waals surface area contributed by atoms with Gasteiger partial charge < -0.3 is 9.88 Å². The summed E-state index contributed by atoms with van der Waals surface area (Å²) < 4.78 is 38.4. The van der Waals surface area contributed by atoms with Crippen LogP contribution in [0.1, 0.15) is 13.8 Å². The first-order chi connectivity index (χ1) is 11.7. The van der Waals surface area contributed by atoms with Gasteiger partial charge in [-0.1, -0.05) is 35.5 Å². The molecule has 2 rings (SSSR count). The molecule has 136 valence electrons. The number of hydrogen-bond donors (Lipinski definition) is 1. The smallest absolute Gasteiger partial charge is 0.346 e. The van der Waals surface area contributed by atoms with E-state index >= 15 is 0 Å². The van der Waals surface area contributed by atoms with Gasteiger partial charge in [-0.2, -0.15) is 13.2 Å².